The van der Waals surface area contributed by atoms with Crippen LogP contribution in [0.1, 0.15) is 53.7 Å². The Morgan fingerprint density at radius 1 is 1.09 bits per heavy atom. The van der Waals surface area contributed by atoms with Crippen LogP contribution in [0.3, 0.4) is 0 Å². The van der Waals surface area contributed by atoms with Gasteiger partial charge in [0.15, 0.2) is 17.2 Å². The molecule has 178 valence electrons. The van der Waals surface area contributed by atoms with Gasteiger partial charge in [-0.2, -0.15) is 0 Å². The summed E-state index contributed by atoms with van der Waals surface area (Å²) in [6.07, 6.45) is 1.55. The molecule has 3 aromatic carbocycles. The Bertz CT molecular complexity index is 1310. The molecule has 0 spiro atoms. The molecule has 0 aliphatic carbocycles. The van der Waals surface area contributed by atoms with Crippen molar-refractivity contribution in [3.05, 3.63) is 99.7 Å². The second-order valence-electron chi connectivity index (χ2n) is 8.13. The molecule has 7 heteroatoms. The van der Waals surface area contributed by atoms with E-state index in [0.717, 1.165) is 0 Å². The fraction of sp³-hybridized carbons (Fsp3) is 0.179. The van der Waals surface area contributed by atoms with Crippen molar-refractivity contribution in [2.75, 3.05) is 6.61 Å². The largest absolute Gasteiger partial charge is 0.490 e. The molecule has 0 radical (unpaired) electrons. The van der Waals surface area contributed by atoms with Gasteiger partial charge in [-0.25, -0.2) is 14.6 Å². The average molecular weight is 490 g/mol. The van der Waals surface area contributed by atoms with Gasteiger partial charge in [0.2, 0.25) is 5.90 Å². The monoisotopic (exact) mass is 489 g/mol. The number of rotatable bonds is 7. The average Bonchev–Trinajstić information content (AvgIpc) is 3.22. The van der Waals surface area contributed by atoms with Gasteiger partial charge in [-0.15, -0.1) is 0 Å². The zero-order valence-electron chi connectivity index (χ0n) is 19.6. The molecule has 0 bridgehead atoms. The molecule has 6 nitrogen and oxygen atoms in total. The summed E-state index contributed by atoms with van der Waals surface area (Å²) < 4.78 is 16.6. The lowest BCUT2D eigenvalue weighted by Gasteiger charge is -2.13. The topological polar surface area (TPSA) is 74.2 Å². The van der Waals surface area contributed by atoms with Gasteiger partial charge in [0.1, 0.15) is 0 Å². The van der Waals surface area contributed by atoms with Crippen LogP contribution >= 0.6 is 11.6 Å². The lowest BCUT2D eigenvalue weighted by atomic mass is 10.0. The maximum Gasteiger partial charge on any atom is 0.363 e. The summed E-state index contributed by atoms with van der Waals surface area (Å²) in [5, 5.41) is 0.159. The van der Waals surface area contributed by atoms with Crippen LogP contribution < -0.4 is 9.47 Å². The van der Waals surface area contributed by atoms with Gasteiger partial charge < -0.3 is 14.2 Å². The summed E-state index contributed by atoms with van der Waals surface area (Å²) in [5.41, 5.74) is 2.95. The maximum atomic E-state index is 12.5. The molecule has 3 aromatic rings. The minimum atomic E-state index is -0.568. The fourth-order valence-electron chi connectivity index (χ4n) is 3.46. The van der Waals surface area contributed by atoms with Crippen molar-refractivity contribution < 1.29 is 23.8 Å². The van der Waals surface area contributed by atoms with E-state index in [1.54, 1.807) is 55.5 Å². The summed E-state index contributed by atoms with van der Waals surface area (Å²) >= 11 is 6.45. The Balaban J connectivity index is 1.62. The number of benzene rings is 3. The predicted molar refractivity (Wildman–Crippen MR) is 135 cm³/mol. The van der Waals surface area contributed by atoms with Crippen molar-refractivity contribution in [3.63, 3.8) is 0 Å². The van der Waals surface area contributed by atoms with Gasteiger partial charge in [0, 0.05) is 5.56 Å². The maximum absolute atomic E-state index is 12.5. The number of carbonyl (C=O) groups is 2. The van der Waals surface area contributed by atoms with Crippen LogP contribution in [0.15, 0.2) is 77.4 Å². The number of hydrogen-bond donors (Lipinski definition) is 0. The Morgan fingerprint density at radius 3 is 2.46 bits per heavy atom. The second kappa shape index (κ2) is 10.6. The third kappa shape index (κ3) is 5.61. The Kier molecular flexibility index (Phi) is 7.32. The van der Waals surface area contributed by atoms with Crippen LogP contribution in [0.2, 0.25) is 5.02 Å². The molecule has 35 heavy (non-hydrogen) atoms. The molecule has 0 aromatic heterocycles. The SMILES string of the molecule is CCOc1cc(/C=C2\N=C(c3ccc(C(C)C)cc3)OC2=O)cc(Cl)c1OC(=O)c1ccccc1. The number of esters is 2. The normalized spacial score (nSPS) is 14.1. The number of hydrogen-bond acceptors (Lipinski definition) is 6. The second-order valence-corrected chi connectivity index (χ2v) is 8.54. The van der Waals surface area contributed by atoms with Crippen molar-refractivity contribution in [1.29, 1.82) is 0 Å². The first-order chi connectivity index (χ1) is 16.9. The molecule has 0 fully saturated rings. The smallest absolute Gasteiger partial charge is 0.363 e. The molecule has 1 aliphatic heterocycles. The first-order valence-corrected chi connectivity index (χ1v) is 11.6. The lowest BCUT2D eigenvalue weighted by Crippen LogP contribution is -2.10. The van der Waals surface area contributed by atoms with Crippen molar-refractivity contribution >= 4 is 35.5 Å². The zero-order chi connectivity index (χ0) is 24.9. The van der Waals surface area contributed by atoms with E-state index in [4.69, 9.17) is 25.8 Å². The van der Waals surface area contributed by atoms with E-state index in [1.165, 1.54) is 5.56 Å². The minimum absolute atomic E-state index is 0.105. The Hall–Kier alpha value is -3.90. The minimum Gasteiger partial charge on any atom is -0.490 e. The predicted octanol–water partition coefficient (Wildman–Crippen LogP) is 6.43. The van der Waals surface area contributed by atoms with Crippen LogP contribution in [0.5, 0.6) is 11.5 Å². The molecule has 1 heterocycles. The van der Waals surface area contributed by atoms with Crippen molar-refractivity contribution in [3.8, 4) is 11.5 Å². The molecule has 4 rings (SSSR count). The highest BCUT2D eigenvalue weighted by atomic mass is 35.5. The molecular weight excluding hydrogens is 466 g/mol. The van der Waals surface area contributed by atoms with Gasteiger partial charge >= 0.3 is 11.9 Å². The van der Waals surface area contributed by atoms with Gasteiger partial charge in [-0.05, 0) is 66.4 Å². The first kappa shape index (κ1) is 24.2. The summed E-state index contributed by atoms with van der Waals surface area (Å²) in [7, 11) is 0. The first-order valence-electron chi connectivity index (χ1n) is 11.2. The number of ether oxygens (including phenoxy) is 3. The molecule has 0 N–H and O–H groups in total. The summed E-state index contributed by atoms with van der Waals surface area (Å²) in [6.45, 7) is 6.34. The molecule has 0 atom stereocenters. The highest BCUT2D eigenvalue weighted by Crippen LogP contribution is 2.38. The van der Waals surface area contributed by atoms with Crippen LogP contribution in [0.4, 0.5) is 0 Å². The molecule has 0 unspecified atom stereocenters. The third-order valence-corrected chi connectivity index (χ3v) is 5.56. The Labute approximate surface area is 208 Å². The van der Waals surface area contributed by atoms with Crippen LogP contribution in [-0.2, 0) is 9.53 Å². The van der Waals surface area contributed by atoms with Gasteiger partial charge in [-0.3, -0.25) is 0 Å². The number of carbonyl (C=O) groups excluding carboxylic acids is 2. The van der Waals surface area contributed by atoms with E-state index in [0.29, 0.717) is 29.2 Å². The molecule has 0 saturated heterocycles. The van der Waals surface area contributed by atoms with E-state index in [9.17, 15) is 9.59 Å². The fourth-order valence-corrected chi connectivity index (χ4v) is 3.72. The third-order valence-electron chi connectivity index (χ3n) is 5.28. The number of halogens is 1. The van der Waals surface area contributed by atoms with E-state index < -0.39 is 11.9 Å². The van der Waals surface area contributed by atoms with Gasteiger partial charge in [0.25, 0.3) is 0 Å². The summed E-state index contributed by atoms with van der Waals surface area (Å²) in [5.74, 6) is -0.116. The summed E-state index contributed by atoms with van der Waals surface area (Å²) in [6, 6.07) is 19.5. The van der Waals surface area contributed by atoms with Gasteiger partial charge in [-0.1, -0.05) is 55.8 Å². The number of cyclic esters (lactones) is 1. The van der Waals surface area contributed by atoms with E-state index >= 15 is 0 Å². The molecule has 0 saturated carbocycles. The van der Waals surface area contributed by atoms with Crippen LogP contribution in [0, 0.1) is 0 Å². The van der Waals surface area contributed by atoms with Crippen LogP contribution in [0.25, 0.3) is 6.08 Å². The molecule has 0 amide bonds. The Morgan fingerprint density at radius 2 is 1.80 bits per heavy atom. The standard InChI is InChI=1S/C28H24ClNO5/c1-4-33-24-16-18(14-22(29)25(24)34-27(31)21-8-6-5-7-9-21)15-23-28(32)35-26(30-23)20-12-10-19(11-13-20)17(2)3/h5-17H,4H2,1-3H3/b23-15-. The highest BCUT2D eigenvalue weighted by Gasteiger charge is 2.25. The van der Waals surface area contributed by atoms with Crippen molar-refractivity contribution in [1.82, 2.24) is 0 Å². The summed E-state index contributed by atoms with van der Waals surface area (Å²) in [4.78, 5) is 29.4. The van der Waals surface area contributed by atoms with Crippen molar-refractivity contribution in [2.45, 2.75) is 26.7 Å². The molecular formula is C28H24ClNO5. The van der Waals surface area contributed by atoms with Crippen LogP contribution in [-0.4, -0.2) is 24.4 Å². The molecule has 1 aliphatic rings. The van der Waals surface area contributed by atoms with E-state index in [1.807, 2.05) is 24.3 Å². The highest BCUT2D eigenvalue weighted by molar-refractivity contribution is 6.32. The number of nitrogens with zero attached hydrogens (tertiary/aromatic N) is 1. The van der Waals surface area contributed by atoms with Crippen molar-refractivity contribution in [2.24, 2.45) is 4.99 Å². The lowest BCUT2D eigenvalue weighted by molar-refractivity contribution is -0.129. The zero-order valence-corrected chi connectivity index (χ0v) is 20.3. The van der Waals surface area contributed by atoms with Gasteiger partial charge in [0.05, 0.1) is 17.2 Å². The quantitative estimate of drug-likeness (QED) is 0.217. The van der Waals surface area contributed by atoms with E-state index in [2.05, 4.69) is 18.8 Å². The van der Waals surface area contributed by atoms with E-state index in [-0.39, 0.29) is 28.1 Å². The number of aliphatic imine (C=N–C) groups is 1.